The lowest BCUT2D eigenvalue weighted by atomic mass is 10.1. The van der Waals surface area contributed by atoms with Gasteiger partial charge >= 0.3 is 6.18 Å². The van der Waals surface area contributed by atoms with Crippen molar-refractivity contribution in [2.45, 2.75) is 44.8 Å². The lowest BCUT2D eigenvalue weighted by molar-refractivity contribution is -0.137. The Kier molecular flexibility index (Phi) is 5.84. The molecule has 1 aliphatic heterocycles. The second-order valence-electron chi connectivity index (χ2n) is 6.92. The molecule has 1 aromatic carbocycles. The topological polar surface area (TPSA) is 61.0 Å². The second kappa shape index (κ2) is 8.12. The van der Waals surface area contributed by atoms with Crippen LogP contribution in [0.2, 0.25) is 0 Å². The third-order valence-corrected chi connectivity index (χ3v) is 4.92. The number of alkyl halides is 3. The first kappa shape index (κ1) is 19.4. The van der Waals surface area contributed by atoms with Gasteiger partial charge in [0.15, 0.2) is 5.82 Å². The first-order chi connectivity index (χ1) is 12.8. The van der Waals surface area contributed by atoms with E-state index in [0.29, 0.717) is 29.5 Å². The SMILES string of the molecule is CC(CCC(=O)Nc1cc(-c2ccc(C(F)(F)F)cc2)[nH]n1)N1CCCC1. The van der Waals surface area contributed by atoms with Gasteiger partial charge in [0.05, 0.1) is 11.3 Å². The Morgan fingerprint density at radius 1 is 1.26 bits per heavy atom. The molecule has 3 rings (SSSR count). The number of likely N-dealkylation sites (tertiary alicyclic amines) is 1. The van der Waals surface area contributed by atoms with E-state index < -0.39 is 11.7 Å². The summed E-state index contributed by atoms with van der Waals surface area (Å²) in [6.07, 6.45) is -0.743. The third kappa shape index (κ3) is 5.09. The molecule has 1 aliphatic rings. The number of nitrogens with one attached hydrogen (secondary N) is 2. The predicted molar refractivity (Wildman–Crippen MR) is 97.2 cm³/mol. The van der Waals surface area contributed by atoms with Crippen molar-refractivity contribution < 1.29 is 18.0 Å². The van der Waals surface area contributed by atoms with Gasteiger partial charge in [-0.25, -0.2) is 0 Å². The van der Waals surface area contributed by atoms with Crippen LogP contribution in [-0.4, -0.2) is 40.1 Å². The van der Waals surface area contributed by atoms with Crippen molar-refractivity contribution in [2.75, 3.05) is 18.4 Å². The number of amides is 1. The molecular weight excluding hydrogens is 357 g/mol. The Morgan fingerprint density at radius 3 is 2.56 bits per heavy atom. The fraction of sp³-hybridized carbons (Fsp3) is 0.474. The molecule has 0 bridgehead atoms. The van der Waals surface area contributed by atoms with Gasteiger partial charge in [0.2, 0.25) is 5.91 Å². The zero-order valence-electron chi connectivity index (χ0n) is 15.1. The van der Waals surface area contributed by atoms with Gasteiger partial charge in [0, 0.05) is 18.5 Å². The summed E-state index contributed by atoms with van der Waals surface area (Å²) in [5, 5.41) is 9.49. The highest BCUT2D eigenvalue weighted by Gasteiger charge is 2.30. The molecule has 2 heterocycles. The summed E-state index contributed by atoms with van der Waals surface area (Å²) in [6.45, 7) is 4.33. The molecular formula is C19H23F3N4O. The number of nitrogens with zero attached hydrogens (tertiary/aromatic N) is 2. The van der Waals surface area contributed by atoms with Crippen LogP contribution in [0, 0.1) is 0 Å². The summed E-state index contributed by atoms with van der Waals surface area (Å²) in [7, 11) is 0. The molecule has 0 spiro atoms. The number of carbonyl (C=O) groups excluding carboxylic acids is 1. The smallest absolute Gasteiger partial charge is 0.309 e. The number of aromatic nitrogens is 2. The predicted octanol–water partition coefficient (Wildman–Crippen LogP) is 4.30. The van der Waals surface area contributed by atoms with E-state index in [1.165, 1.54) is 25.0 Å². The van der Waals surface area contributed by atoms with Gasteiger partial charge in [0.1, 0.15) is 0 Å². The fourth-order valence-corrected chi connectivity index (χ4v) is 3.28. The average Bonchev–Trinajstić information content (AvgIpc) is 3.31. The van der Waals surface area contributed by atoms with Crippen molar-refractivity contribution in [1.82, 2.24) is 15.1 Å². The van der Waals surface area contributed by atoms with Crippen molar-refractivity contribution in [3.8, 4) is 11.3 Å². The molecule has 1 unspecified atom stereocenters. The molecule has 0 saturated carbocycles. The van der Waals surface area contributed by atoms with Crippen LogP contribution in [0.15, 0.2) is 30.3 Å². The fourth-order valence-electron chi connectivity index (χ4n) is 3.28. The first-order valence-corrected chi connectivity index (χ1v) is 9.10. The first-order valence-electron chi connectivity index (χ1n) is 9.10. The number of halogens is 3. The summed E-state index contributed by atoms with van der Waals surface area (Å²) in [4.78, 5) is 14.5. The highest BCUT2D eigenvalue weighted by molar-refractivity contribution is 5.90. The number of hydrogen-bond donors (Lipinski definition) is 2. The monoisotopic (exact) mass is 380 g/mol. The van der Waals surface area contributed by atoms with E-state index in [9.17, 15) is 18.0 Å². The van der Waals surface area contributed by atoms with Gasteiger partial charge in [-0.1, -0.05) is 12.1 Å². The van der Waals surface area contributed by atoms with Crippen LogP contribution in [0.4, 0.5) is 19.0 Å². The molecule has 0 aliphatic carbocycles. The maximum atomic E-state index is 12.6. The number of H-pyrrole nitrogens is 1. The molecule has 2 N–H and O–H groups in total. The Morgan fingerprint density at radius 2 is 1.93 bits per heavy atom. The molecule has 1 amide bonds. The van der Waals surface area contributed by atoms with Gasteiger partial charge in [-0.05, 0) is 57.0 Å². The van der Waals surface area contributed by atoms with Gasteiger partial charge in [-0.2, -0.15) is 18.3 Å². The van der Waals surface area contributed by atoms with Crippen LogP contribution in [0.5, 0.6) is 0 Å². The standard InChI is InChI=1S/C19H23F3N4O/c1-13(26-10-2-3-11-26)4-9-18(27)23-17-12-16(24-25-17)14-5-7-15(8-6-14)19(20,21)22/h5-8,12-13H,2-4,9-11H2,1H3,(H2,23,24,25,27). The Hall–Kier alpha value is -2.35. The highest BCUT2D eigenvalue weighted by atomic mass is 19.4. The Balaban J connectivity index is 1.53. The molecule has 146 valence electrons. The molecule has 8 heteroatoms. The van der Waals surface area contributed by atoms with Crippen LogP contribution < -0.4 is 5.32 Å². The molecule has 2 aromatic rings. The van der Waals surface area contributed by atoms with Crippen molar-refractivity contribution in [3.63, 3.8) is 0 Å². The van der Waals surface area contributed by atoms with Crippen LogP contribution >= 0.6 is 0 Å². The number of anilines is 1. The van der Waals surface area contributed by atoms with Crippen LogP contribution in [-0.2, 0) is 11.0 Å². The van der Waals surface area contributed by atoms with E-state index in [1.807, 2.05) is 0 Å². The van der Waals surface area contributed by atoms with Crippen LogP contribution in [0.25, 0.3) is 11.3 Å². The quantitative estimate of drug-likeness (QED) is 0.786. The van der Waals surface area contributed by atoms with Crippen molar-refractivity contribution in [2.24, 2.45) is 0 Å². The van der Waals surface area contributed by atoms with E-state index in [1.54, 1.807) is 6.07 Å². The number of aromatic amines is 1. The maximum Gasteiger partial charge on any atom is 0.416 e. The van der Waals surface area contributed by atoms with E-state index in [0.717, 1.165) is 31.6 Å². The van der Waals surface area contributed by atoms with Crippen molar-refractivity contribution >= 4 is 11.7 Å². The van der Waals surface area contributed by atoms with E-state index in [-0.39, 0.29) is 5.91 Å². The largest absolute Gasteiger partial charge is 0.416 e. The number of benzene rings is 1. The minimum atomic E-state index is -4.36. The van der Waals surface area contributed by atoms with Gasteiger partial charge in [-0.15, -0.1) is 0 Å². The lowest BCUT2D eigenvalue weighted by Crippen LogP contribution is -2.31. The summed E-state index contributed by atoms with van der Waals surface area (Å²) < 4.78 is 37.9. The Bertz CT molecular complexity index is 764. The highest BCUT2D eigenvalue weighted by Crippen LogP contribution is 2.31. The zero-order valence-corrected chi connectivity index (χ0v) is 15.1. The minimum absolute atomic E-state index is 0.119. The van der Waals surface area contributed by atoms with E-state index in [4.69, 9.17) is 0 Å². The molecule has 5 nitrogen and oxygen atoms in total. The van der Waals surface area contributed by atoms with E-state index >= 15 is 0 Å². The average molecular weight is 380 g/mol. The summed E-state index contributed by atoms with van der Waals surface area (Å²) in [5.41, 5.74) is 0.412. The lowest BCUT2D eigenvalue weighted by Gasteiger charge is -2.23. The van der Waals surface area contributed by atoms with Gasteiger partial charge < -0.3 is 10.2 Å². The van der Waals surface area contributed by atoms with Crippen LogP contribution in [0.3, 0.4) is 0 Å². The van der Waals surface area contributed by atoms with Gasteiger partial charge in [-0.3, -0.25) is 9.89 Å². The molecule has 1 aromatic heterocycles. The number of hydrogen-bond acceptors (Lipinski definition) is 3. The van der Waals surface area contributed by atoms with Crippen molar-refractivity contribution in [3.05, 3.63) is 35.9 Å². The molecule has 1 atom stereocenters. The zero-order chi connectivity index (χ0) is 19.4. The number of rotatable bonds is 6. The number of carbonyl (C=O) groups is 1. The van der Waals surface area contributed by atoms with Crippen molar-refractivity contribution in [1.29, 1.82) is 0 Å². The second-order valence-corrected chi connectivity index (χ2v) is 6.92. The maximum absolute atomic E-state index is 12.6. The molecule has 0 radical (unpaired) electrons. The minimum Gasteiger partial charge on any atom is -0.309 e. The summed E-state index contributed by atoms with van der Waals surface area (Å²) >= 11 is 0. The normalized spacial score (nSPS) is 16.4. The Labute approximate surface area is 155 Å². The molecule has 1 saturated heterocycles. The van der Waals surface area contributed by atoms with Crippen LogP contribution in [0.1, 0.15) is 38.2 Å². The summed E-state index contributed by atoms with van der Waals surface area (Å²) in [5.74, 6) is 0.246. The van der Waals surface area contributed by atoms with Gasteiger partial charge in [0.25, 0.3) is 0 Å². The molecule has 1 fully saturated rings. The summed E-state index contributed by atoms with van der Waals surface area (Å²) in [6, 6.07) is 6.78. The molecule has 27 heavy (non-hydrogen) atoms. The van der Waals surface area contributed by atoms with E-state index in [2.05, 4.69) is 27.3 Å². The third-order valence-electron chi connectivity index (χ3n) is 4.92.